The Morgan fingerprint density at radius 3 is 2.73 bits per heavy atom. The van der Waals surface area contributed by atoms with Crippen LogP contribution in [-0.2, 0) is 6.42 Å². The number of anilines is 1. The molecule has 0 bridgehead atoms. The van der Waals surface area contributed by atoms with Gasteiger partial charge in [-0.05, 0) is 31.0 Å². The summed E-state index contributed by atoms with van der Waals surface area (Å²) in [7, 11) is 1.71. The Hall–Kier alpha value is -2.08. The van der Waals surface area contributed by atoms with Crippen LogP contribution in [0.4, 0.5) is 5.13 Å². The van der Waals surface area contributed by atoms with Crippen LogP contribution < -0.4 is 10.2 Å². The summed E-state index contributed by atoms with van der Waals surface area (Å²) >= 11 is 7.47. The number of rotatable bonds is 4. The molecule has 0 amide bonds. The molecule has 134 valence electrons. The number of hydrogen-bond acceptors (Lipinski definition) is 5. The average molecular weight is 406 g/mol. The molecule has 1 aromatic heterocycles. The van der Waals surface area contributed by atoms with Crippen molar-refractivity contribution in [2.75, 3.05) is 12.5 Å². The zero-order chi connectivity index (χ0) is 17.2. The minimum absolute atomic E-state index is 0. The number of hydrogen-bond donors (Lipinski definition) is 1. The lowest BCUT2D eigenvalue weighted by atomic mass is 10.1. The smallest absolute Gasteiger partial charge is 0.203 e. The summed E-state index contributed by atoms with van der Waals surface area (Å²) in [6.45, 7) is 0. The van der Waals surface area contributed by atoms with Gasteiger partial charge in [0.25, 0.3) is 0 Å². The van der Waals surface area contributed by atoms with E-state index >= 15 is 0 Å². The van der Waals surface area contributed by atoms with Gasteiger partial charge in [0.1, 0.15) is 5.75 Å². The van der Waals surface area contributed by atoms with E-state index in [-0.39, 0.29) is 12.4 Å². The van der Waals surface area contributed by atoms with Crippen LogP contribution in [0.25, 0.3) is 11.3 Å². The Balaban J connectivity index is 0.00000196. The Bertz CT molecular complexity index is 938. The lowest BCUT2D eigenvalue weighted by Gasteiger charge is -2.06. The van der Waals surface area contributed by atoms with E-state index in [0.717, 1.165) is 51.3 Å². The minimum Gasteiger partial charge on any atom is -0.496 e. The molecule has 0 aliphatic heterocycles. The van der Waals surface area contributed by atoms with Gasteiger partial charge in [0.05, 0.1) is 18.5 Å². The predicted octanol–water partition coefficient (Wildman–Crippen LogP) is 5.66. The van der Waals surface area contributed by atoms with Crippen LogP contribution in [-0.4, -0.2) is 17.8 Å². The number of ether oxygens (including phenoxy) is 1. The van der Waals surface area contributed by atoms with Gasteiger partial charge in [-0.25, -0.2) is 4.98 Å². The molecule has 0 radical (unpaired) electrons. The summed E-state index contributed by atoms with van der Waals surface area (Å²) in [6, 6.07) is 13.7. The summed E-state index contributed by atoms with van der Waals surface area (Å²) in [5, 5.41) is 8.07. The monoisotopic (exact) mass is 405 g/mol. The van der Waals surface area contributed by atoms with Crippen LogP contribution in [0.15, 0.2) is 52.9 Å². The third-order valence-corrected chi connectivity index (χ3v) is 5.21. The average Bonchev–Trinajstić information content (AvgIpc) is 3.27. The van der Waals surface area contributed by atoms with Gasteiger partial charge < -0.3 is 4.74 Å². The van der Waals surface area contributed by atoms with Crippen LogP contribution >= 0.6 is 35.3 Å². The standard InChI is InChI=1S/C19H16ClN3OS.ClH/c1-24-18-4-2-3-14-15(18)9-10-16(14)22-23-19-21-17(11-25-19)12-5-7-13(20)8-6-12;/h2-8,11H,9-10H2,1H3,(H,21,23);1H/b22-16+;. The molecule has 0 fully saturated rings. The molecule has 1 aliphatic carbocycles. The number of methoxy groups -OCH3 is 1. The van der Waals surface area contributed by atoms with Gasteiger partial charge in [-0.2, -0.15) is 5.10 Å². The molecule has 0 saturated heterocycles. The molecule has 0 atom stereocenters. The minimum atomic E-state index is 0. The topological polar surface area (TPSA) is 46.5 Å². The molecular weight excluding hydrogens is 389 g/mol. The molecule has 3 aromatic rings. The van der Waals surface area contributed by atoms with Crippen molar-refractivity contribution in [2.45, 2.75) is 12.8 Å². The maximum absolute atomic E-state index is 5.93. The maximum atomic E-state index is 5.93. The van der Waals surface area contributed by atoms with Crippen molar-refractivity contribution in [2.24, 2.45) is 5.10 Å². The fourth-order valence-corrected chi connectivity index (χ4v) is 3.76. The summed E-state index contributed by atoms with van der Waals surface area (Å²) in [6.07, 6.45) is 1.85. The lowest BCUT2D eigenvalue weighted by Crippen LogP contribution is -2.00. The van der Waals surface area contributed by atoms with Gasteiger partial charge >= 0.3 is 0 Å². The molecule has 1 aliphatic rings. The number of fused-ring (bicyclic) bond motifs is 1. The first-order valence-electron chi connectivity index (χ1n) is 7.95. The molecule has 0 saturated carbocycles. The largest absolute Gasteiger partial charge is 0.496 e. The van der Waals surface area contributed by atoms with Crippen molar-refractivity contribution >= 4 is 46.2 Å². The van der Waals surface area contributed by atoms with E-state index in [1.165, 1.54) is 16.9 Å². The molecule has 4 nitrogen and oxygen atoms in total. The maximum Gasteiger partial charge on any atom is 0.203 e. The Kier molecular flexibility index (Phi) is 5.81. The number of nitrogens with one attached hydrogen (secondary N) is 1. The summed E-state index contributed by atoms with van der Waals surface area (Å²) in [4.78, 5) is 4.59. The Labute approximate surface area is 167 Å². The lowest BCUT2D eigenvalue weighted by molar-refractivity contribution is 0.410. The van der Waals surface area contributed by atoms with Gasteiger partial charge in [-0.3, -0.25) is 5.43 Å². The molecule has 4 rings (SSSR count). The zero-order valence-electron chi connectivity index (χ0n) is 14.0. The highest BCUT2D eigenvalue weighted by Crippen LogP contribution is 2.31. The first kappa shape index (κ1) is 18.7. The molecule has 0 unspecified atom stereocenters. The molecular formula is C19H17Cl2N3OS. The second kappa shape index (κ2) is 8.08. The van der Waals surface area contributed by atoms with Crippen molar-refractivity contribution in [3.63, 3.8) is 0 Å². The zero-order valence-corrected chi connectivity index (χ0v) is 16.4. The SMILES string of the molecule is COc1cccc2c1CC/C2=N\Nc1nc(-c2ccc(Cl)cc2)cs1.Cl. The normalized spacial score (nSPS) is 14.0. The van der Waals surface area contributed by atoms with Crippen molar-refractivity contribution in [3.8, 4) is 17.0 Å². The van der Waals surface area contributed by atoms with E-state index in [4.69, 9.17) is 16.3 Å². The molecule has 0 spiro atoms. The van der Waals surface area contributed by atoms with Crippen molar-refractivity contribution in [3.05, 3.63) is 64.0 Å². The highest BCUT2D eigenvalue weighted by Gasteiger charge is 2.21. The molecule has 1 N–H and O–H groups in total. The fourth-order valence-electron chi connectivity index (χ4n) is 2.97. The van der Waals surface area contributed by atoms with E-state index < -0.39 is 0 Å². The van der Waals surface area contributed by atoms with E-state index in [2.05, 4.69) is 21.6 Å². The van der Waals surface area contributed by atoms with Crippen LogP contribution in [0, 0.1) is 0 Å². The van der Waals surface area contributed by atoms with Crippen molar-refractivity contribution < 1.29 is 4.74 Å². The number of thiazole rings is 1. The van der Waals surface area contributed by atoms with Crippen molar-refractivity contribution in [1.29, 1.82) is 0 Å². The highest BCUT2D eigenvalue weighted by molar-refractivity contribution is 7.14. The van der Waals surface area contributed by atoms with Crippen LogP contribution in [0.1, 0.15) is 17.5 Å². The Morgan fingerprint density at radius 2 is 1.96 bits per heavy atom. The number of aromatic nitrogens is 1. The predicted molar refractivity (Wildman–Crippen MR) is 111 cm³/mol. The van der Waals surface area contributed by atoms with Gasteiger partial charge in [-0.1, -0.05) is 35.9 Å². The second-order valence-electron chi connectivity index (χ2n) is 5.70. The first-order chi connectivity index (χ1) is 12.2. The Morgan fingerprint density at radius 1 is 1.15 bits per heavy atom. The number of hydrazone groups is 1. The number of nitrogens with zero attached hydrogens (tertiary/aromatic N) is 2. The quantitative estimate of drug-likeness (QED) is 0.569. The molecule has 2 aromatic carbocycles. The van der Waals surface area contributed by atoms with Gasteiger partial charge in [0, 0.05) is 27.1 Å². The summed E-state index contributed by atoms with van der Waals surface area (Å²) in [5.41, 5.74) is 8.47. The third kappa shape index (κ3) is 3.70. The van der Waals surface area contributed by atoms with E-state index in [9.17, 15) is 0 Å². The summed E-state index contributed by atoms with van der Waals surface area (Å²) in [5.74, 6) is 0.932. The van der Waals surface area contributed by atoms with E-state index in [1.807, 2.05) is 41.8 Å². The van der Waals surface area contributed by atoms with Crippen LogP contribution in [0.5, 0.6) is 5.75 Å². The highest BCUT2D eigenvalue weighted by atomic mass is 35.5. The van der Waals surface area contributed by atoms with Crippen molar-refractivity contribution in [1.82, 2.24) is 4.98 Å². The second-order valence-corrected chi connectivity index (χ2v) is 7.00. The number of halogens is 2. The van der Waals surface area contributed by atoms with Crippen LogP contribution in [0.3, 0.4) is 0 Å². The molecule has 1 heterocycles. The van der Waals surface area contributed by atoms with Gasteiger partial charge in [0.15, 0.2) is 0 Å². The number of benzene rings is 2. The van der Waals surface area contributed by atoms with Gasteiger partial charge in [0.2, 0.25) is 5.13 Å². The summed E-state index contributed by atoms with van der Waals surface area (Å²) < 4.78 is 5.43. The van der Waals surface area contributed by atoms with Gasteiger partial charge in [-0.15, -0.1) is 23.7 Å². The third-order valence-electron chi connectivity index (χ3n) is 4.21. The van der Waals surface area contributed by atoms with E-state index in [1.54, 1.807) is 7.11 Å². The van der Waals surface area contributed by atoms with E-state index in [0.29, 0.717) is 0 Å². The first-order valence-corrected chi connectivity index (χ1v) is 9.20. The van der Waals surface area contributed by atoms with Crippen LogP contribution in [0.2, 0.25) is 5.02 Å². The molecule has 7 heteroatoms. The molecule has 26 heavy (non-hydrogen) atoms. The fraction of sp³-hybridized carbons (Fsp3) is 0.158.